The summed E-state index contributed by atoms with van der Waals surface area (Å²) in [5.41, 5.74) is 11.4. The number of nitrogens with zero attached hydrogens (tertiary/aromatic N) is 4. The topological polar surface area (TPSA) is 112 Å². The number of amides is 2. The van der Waals surface area contributed by atoms with Crippen molar-refractivity contribution in [2.24, 2.45) is 10.8 Å². The van der Waals surface area contributed by atoms with E-state index >= 15 is 4.39 Å². The van der Waals surface area contributed by atoms with Gasteiger partial charge in [0.05, 0.1) is 42.2 Å². The molecule has 7 rings (SSSR count). The Kier molecular flexibility index (Phi) is 9.38. The fourth-order valence-electron chi connectivity index (χ4n) is 5.95. The van der Waals surface area contributed by atoms with Crippen molar-refractivity contribution < 1.29 is 23.4 Å². The van der Waals surface area contributed by atoms with Crippen LogP contribution in [-0.4, -0.2) is 35.9 Å². The molecule has 51 heavy (non-hydrogen) atoms. The highest BCUT2D eigenvalue weighted by molar-refractivity contribution is 5.96. The van der Waals surface area contributed by atoms with Gasteiger partial charge in [0.1, 0.15) is 5.75 Å². The van der Waals surface area contributed by atoms with Gasteiger partial charge in [-0.3, -0.25) is 4.98 Å². The number of rotatable bonds is 11. The molecule has 0 atom stereocenters. The quantitative estimate of drug-likeness (QED) is 0.0632. The molecule has 0 aliphatic carbocycles. The fourth-order valence-corrected chi connectivity index (χ4v) is 5.95. The minimum atomic E-state index is -0.769. The third-order valence-corrected chi connectivity index (χ3v) is 8.52. The molecular formula is C41H34FN5O4. The normalized spacial score (nSPS) is 11.4. The van der Waals surface area contributed by atoms with Crippen LogP contribution >= 0.6 is 0 Å². The van der Waals surface area contributed by atoms with E-state index in [1.165, 1.54) is 23.9 Å². The summed E-state index contributed by atoms with van der Waals surface area (Å²) >= 11 is 0. The zero-order valence-corrected chi connectivity index (χ0v) is 28.0. The van der Waals surface area contributed by atoms with E-state index < -0.39 is 11.8 Å². The first-order chi connectivity index (χ1) is 24.9. The maximum atomic E-state index is 15.3. The predicted molar refractivity (Wildman–Crippen MR) is 199 cm³/mol. The van der Waals surface area contributed by atoms with E-state index in [4.69, 9.17) is 24.9 Å². The maximum absolute atomic E-state index is 15.3. The molecule has 2 heterocycles. The molecule has 7 aromatic rings. The van der Waals surface area contributed by atoms with E-state index in [1.54, 1.807) is 61.8 Å². The number of benzene rings is 5. The molecule has 0 bridgehead atoms. The van der Waals surface area contributed by atoms with Crippen molar-refractivity contribution >= 4 is 50.6 Å². The summed E-state index contributed by atoms with van der Waals surface area (Å²) in [5.74, 6) is 0.821. The van der Waals surface area contributed by atoms with E-state index in [1.807, 2.05) is 24.3 Å². The Hall–Kier alpha value is -6.55. The van der Waals surface area contributed by atoms with Crippen molar-refractivity contribution in [3.8, 4) is 23.0 Å². The van der Waals surface area contributed by atoms with Gasteiger partial charge < -0.3 is 19.9 Å². The van der Waals surface area contributed by atoms with E-state index in [0.717, 1.165) is 45.2 Å². The molecule has 5 aromatic carbocycles. The number of hydrazone groups is 1. The van der Waals surface area contributed by atoms with E-state index in [9.17, 15) is 4.79 Å². The first-order valence-electron chi connectivity index (χ1n) is 16.4. The Morgan fingerprint density at radius 3 is 2.49 bits per heavy atom. The summed E-state index contributed by atoms with van der Waals surface area (Å²) in [6.45, 7) is 2.54. The van der Waals surface area contributed by atoms with Crippen molar-refractivity contribution in [2.75, 3.05) is 18.7 Å². The average molecular weight is 680 g/mol. The number of aromatic nitrogens is 2. The number of hydrogen-bond acceptors (Lipinski definition) is 7. The molecule has 2 N–H and O–H groups in total. The van der Waals surface area contributed by atoms with Crippen LogP contribution in [0.1, 0.15) is 23.1 Å². The maximum Gasteiger partial charge on any atom is 0.340 e. The number of anilines is 1. The smallest absolute Gasteiger partial charge is 0.340 e. The van der Waals surface area contributed by atoms with Crippen LogP contribution in [0.4, 0.5) is 14.9 Å². The number of ether oxygens (including phenoxy) is 3. The number of para-hydroxylation sites is 2. The summed E-state index contributed by atoms with van der Waals surface area (Å²) < 4.78 is 33.2. The van der Waals surface area contributed by atoms with Crippen LogP contribution in [0.25, 0.3) is 32.7 Å². The Labute approximate surface area is 293 Å². The summed E-state index contributed by atoms with van der Waals surface area (Å²) in [6.07, 6.45) is 4.53. The highest BCUT2D eigenvalue weighted by atomic mass is 19.1. The first-order valence-corrected chi connectivity index (χ1v) is 16.4. The van der Waals surface area contributed by atoms with Gasteiger partial charge in [-0.2, -0.15) is 10.1 Å². The van der Waals surface area contributed by atoms with Crippen LogP contribution in [0.5, 0.6) is 23.0 Å². The van der Waals surface area contributed by atoms with Crippen LogP contribution < -0.4 is 25.0 Å². The Morgan fingerprint density at radius 1 is 0.863 bits per heavy atom. The number of aryl methyl sites for hydroxylation is 2. The molecule has 0 saturated heterocycles. The van der Waals surface area contributed by atoms with Crippen molar-refractivity contribution in [3.05, 3.63) is 138 Å². The first kappa shape index (κ1) is 33.0. The van der Waals surface area contributed by atoms with Gasteiger partial charge in [0, 0.05) is 28.4 Å². The van der Waals surface area contributed by atoms with Gasteiger partial charge >= 0.3 is 6.03 Å². The summed E-state index contributed by atoms with van der Waals surface area (Å²) in [7, 11) is 1.57. The number of carbonyl (C=O) groups excluding carboxylic acids is 1. The molecule has 0 spiro atoms. The minimum Gasteiger partial charge on any atom is -0.493 e. The largest absolute Gasteiger partial charge is 0.493 e. The zero-order chi connectivity index (χ0) is 35.3. The van der Waals surface area contributed by atoms with Crippen molar-refractivity contribution in [1.82, 2.24) is 9.97 Å². The summed E-state index contributed by atoms with van der Waals surface area (Å²) in [4.78, 5) is 21.4. The van der Waals surface area contributed by atoms with Gasteiger partial charge in [-0.15, -0.1) is 0 Å². The lowest BCUT2D eigenvalue weighted by Crippen LogP contribution is -2.31. The lowest BCUT2D eigenvalue weighted by atomic mass is 9.99. The lowest BCUT2D eigenvalue weighted by molar-refractivity contribution is 0.254. The number of hydrogen-bond donors (Lipinski definition) is 1. The van der Waals surface area contributed by atoms with Crippen LogP contribution in [-0.2, 0) is 6.42 Å². The van der Waals surface area contributed by atoms with Crippen molar-refractivity contribution in [1.29, 1.82) is 0 Å². The number of primary amides is 1. The third kappa shape index (κ3) is 7.11. The number of urea groups is 1. The number of carbonyl (C=O) groups is 1. The number of fused-ring (bicyclic) bond motifs is 3. The predicted octanol–water partition coefficient (Wildman–Crippen LogP) is 9.12. The second-order valence-corrected chi connectivity index (χ2v) is 11.9. The molecule has 0 aliphatic rings. The molecule has 10 heteroatoms. The molecule has 0 saturated carbocycles. The molecule has 0 fully saturated rings. The third-order valence-electron chi connectivity index (χ3n) is 8.52. The van der Waals surface area contributed by atoms with Crippen LogP contribution in [0, 0.1) is 12.7 Å². The van der Waals surface area contributed by atoms with E-state index in [0.29, 0.717) is 46.0 Å². The highest BCUT2D eigenvalue weighted by Gasteiger charge is 2.15. The number of nitrogens with two attached hydrogens (primary N) is 1. The van der Waals surface area contributed by atoms with Crippen LogP contribution in [0.2, 0.25) is 0 Å². The van der Waals surface area contributed by atoms with E-state index in [-0.39, 0.29) is 5.75 Å². The van der Waals surface area contributed by atoms with Gasteiger partial charge in [-0.1, -0.05) is 48.5 Å². The van der Waals surface area contributed by atoms with E-state index in [2.05, 4.69) is 41.3 Å². The second kappa shape index (κ2) is 14.5. The molecule has 0 aliphatic heterocycles. The number of halogens is 1. The standard InChI is InChI=1S/C41H34FN5O4/c1-26-14-16-28(31-22-29-9-6-7-13-34(29)46-40(26)31)10-8-20-50-39-24-35-32(23-38(39)49-2)36(18-19-44-35)51-37-17-15-27(21-33(37)42)25-45-47(41(43)48)30-11-4-3-5-12-30/h3-7,9,11-19,21-25H,8,10,20H2,1-2H3,(H2,43,48)/b45-25+. The summed E-state index contributed by atoms with van der Waals surface area (Å²) in [6, 6.07) is 32.2. The monoisotopic (exact) mass is 679 g/mol. The van der Waals surface area contributed by atoms with Gasteiger partial charge in [-0.25, -0.2) is 14.2 Å². The van der Waals surface area contributed by atoms with Gasteiger partial charge in [-0.05, 0) is 91.1 Å². The molecule has 0 radical (unpaired) electrons. The molecule has 254 valence electrons. The Bertz CT molecular complexity index is 2420. The number of pyridine rings is 2. The fraction of sp³-hybridized carbons (Fsp3) is 0.122. The average Bonchev–Trinajstić information content (AvgIpc) is 3.14. The Morgan fingerprint density at radius 2 is 1.69 bits per heavy atom. The van der Waals surface area contributed by atoms with Gasteiger partial charge in [0.25, 0.3) is 0 Å². The van der Waals surface area contributed by atoms with Crippen LogP contribution in [0.15, 0.2) is 120 Å². The lowest BCUT2D eigenvalue weighted by Gasteiger charge is -2.15. The van der Waals surface area contributed by atoms with Gasteiger partial charge in [0.2, 0.25) is 0 Å². The highest BCUT2D eigenvalue weighted by Crippen LogP contribution is 2.38. The zero-order valence-electron chi connectivity index (χ0n) is 28.0. The number of methoxy groups -OCH3 is 1. The van der Waals surface area contributed by atoms with Gasteiger partial charge in [0.15, 0.2) is 23.1 Å². The molecular weight excluding hydrogens is 645 g/mol. The minimum absolute atomic E-state index is 0.000544. The Balaban J connectivity index is 1.05. The van der Waals surface area contributed by atoms with Crippen molar-refractivity contribution in [3.63, 3.8) is 0 Å². The molecule has 2 amide bonds. The summed E-state index contributed by atoms with van der Waals surface area (Å²) in [5, 5.41) is 8.07. The van der Waals surface area contributed by atoms with Crippen LogP contribution in [0.3, 0.4) is 0 Å². The molecule has 0 unspecified atom stereocenters. The molecule has 9 nitrogen and oxygen atoms in total. The SMILES string of the molecule is COc1cc2c(Oc3ccc(/C=N/N(C(N)=O)c4ccccc4)cc3F)ccnc2cc1OCCCc1ccc(C)c2nc3ccccc3cc12. The van der Waals surface area contributed by atoms with Crippen molar-refractivity contribution in [2.45, 2.75) is 19.8 Å². The molecule has 2 aromatic heterocycles. The second-order valence-electron chi connectivity index (χ2n) is 11.9.